The molecule has 0 aliphatic heterocycles. The summed E-state index contributed by atoms with van der Waals surface area (Å²) in [6.07, 6.45) is 2.86. The predicted molar refractivity (Wildman–Crippen MR) is 49.5 cm³/mol. The highest BCUT2D eigenvalue weighted by atomic mass is 14.0. The topological polar surface area (TPSA) is 0 Å². The summed E-state index contributed by atoms with van der Waals surface area (Å²) in [4.78, 5) is 0. The first-order valence-corrected chi connectivity index (χ1v) is 3.77. The van der Waals surface area contributed by atoms with Crippen LogP contribution in [0.1, 0.15) is 16.7 Å². The summed E-state index contributed by atoms with van der Waals surface area (Å²) < 4.78 is 0. The molecule has 0 unspecified atom stereocenters. The number of benzene rings is 1. The van der Waals surface area contributed by atoms with Crippen LogP contribution in [0.3, 0.4) is 0 Å². The van der Waals surface area contributed by atoms with Crippen LogP contribution in [0.2, 0.25) is 0 Å². The van der Waals surface area contributed by atoms with Gasteiger partial charge in [-0.3, -0.25) is 0 Å². The lowest BCUT2D eigenvalue weighted by molar-refractivity contribution is 1.20. The zero-order valence-corrected chi connectivity index (χ0v) is 6.93. The quantitative estimate of drug-likeness (QED) is 0.561. The monoisotopic (exact) mass is 145 g/mol. The van der Waals surface area contributed by atoms with Gasteiger partial charge in [0, 0.05) is 0 Å². The largest absolute Gasteiger partial charge is 0.103 e. The minimum absolute atomic E-state index is 0.940. The number of rotatable bonds is 2. The van der Waals surface area contributed by atoms with Crippen LogP contribution in [-0.2, 0) is 6.42 Å². The highest BCUT2D eigenvalue weighted by molar-refractivity contribution is 5.36. The summed E-state index contributed by atoms with van der Waals surface area (Å²) in [5, 5.41) is 0. The van der Waals surface area contributed by atoms with E-state index in [9.17, 15) is 0 Å². The number of hydrogen-bond acceptors (Lipinski definition) is 0. The Hall–Kier alpha value is -1.04. The summed E-state index contributed by atoms with van der Waals surface area (Å²) >= 11 is 0. The number of allylic oxidation sites excluding steroid dienone is 1. The van der Waals surface area contributed by atoms with Crippen LogP contribution in [0.15, 0.2) is 30.9 Å². The Labute approximate surface area is 68.6 Å². The second-order valence-electron chi connectivity index (χ2n) is 2.69. The Bertz CT molecular complexity index is 259. The van der Waals surface area contributed by atoms with Gasteiger partial charge in [0.2, 0.25) is 0 Å². The Morgan fingerprint density at radius 2 is 2.18 bits per heavy atom. The second kappa shape index (κ2) is 3.38. The third kappa shape index (κ3) is 1.70. The first-order valence-electron chi connectivity index (χ1n) is 3.77. The zero-order chi connectivity index (χ0) is 8.27. The van der Waals surface area contributed by atoms with Crippen molar-refractivity contribution in [3.05, 3.63) is 54.5 Å². The molecule has 0 aliphatic rings. The molecule has 0 heterocycles. The molecule has 0 amide bonds. The minimum atomic E-state index is 0.940. The van der Waals surface area contributed by atoms with E-state index < -0.39 is 0 Å². The molecule has 0 spiro atoms. The van der Waals surface area contributed by atoms with Gasteiger partial charge in [-0.25, -0.2) is 0 Å². The van der Waals surface area contributed by atoms with E-state index in [0.29, 0.717) is 0 Å². The third-order valence-corrected chi connectivity index (χ3v) is 1.92. The van der Waals surface area contributed by atoms with Gasteiger partial charge < -0.3 is 0 Å². The summed E-state index contributed by atoms with van der Waals surface area (Å²) in [6.45, 7) is 9.73. The van der Waals surface area contributed by atoms with Crippen molar-refractivity contribution in [2.75, 3.05) is 0 Å². The second-order valence-corrected chi connectivity index (χ2v) is 2.69. The van der Waals surface area contributed by atoms with Gasteiger partial charge in [0.05, 0.1) is 0 Å². The molecule has 11 heavy (non-hydrogen) atoms. The maximum atomic E-state index is 3.93. The standard InChI is InChI=1S/C11H13/c1-4-6-11-8-5-7-9(2)10(11)3/h4-5,7-8H,1-2,6H2,3H3. The van der Waals surface area contributed by atoms with E-state index in [2.05, 4.69) is 26.5 Å². The molecule has 1 aromatic rings. The molecule has 0 bridgehead atoms. The van der Waals surface area contributed by atoms with Crippen molar-refractivity contribution < 1.29 is 0 Å². The molecule has 0 fully saturated rings. The predicted octanol–water partition coefficient (Wildman–Crippen LogP) is 2.91. The fourth-order valence-corrected chi connectivity index (χ4v) is 1.11. The van der Waals surface area contributed by atoms with Crippen LogP contribution in [0.25, 0.3) is 0 Å². The van der Waals surface area contributed by atoms with E-state index in [1.807, 2.05) is 18.2 Å². The average molecular weight is 145 g/mol. The van der Waals surface area contributed by atoms with Crippen molar-refractivity contribution in [2.45, 2.75) is 13.3 Å². The molecule has 0 saturated heterocycles. The van der Waals surface area contributed by atoms with Gasteiger partial charge in [0.25, 0.3) is 0 Å². The molecule has 1 radical (unpaired) electrons. The Kier molecular flexibility index (Phi) is 2.48. The van der Waals surface area contributed by atoms with Gasteiger partial charge in [-0.05, 0) is 37.0 Å². The Balaban J connectivity index is 3.05. The van der Waals surface area contributed by atoms with Gasteiger partial charge in [-0.2, -0.15) is 0 Å². The van der Waals surface area contributed by atoms with Crippen molar-refractivity contribution in [3.63, 3.8) is 0 Å². The van der Waals surface area contributed by atoms with Gasteiger partial charge >= 0.3 is 0 Å². The fraction of sp³-hybridized carbons (Fsp3) is 0.182. The molecule has 0 N–H and O–H groups in total. The molecule has 0 nitrogen and oxygen atoms in total. The first kappa shape index (κ1) is 8.06. The van der Waals surface area contributed by atoms with Crippen LogP contribution in [0.4, 0.5) is 0 Å². The van der Waals surface area contributed by atoms with Crippen LogP contribution < -0.4 is 0 Å². The van der Waals surface area contributed by atoms with Gasteiger partial charge in [-0.15, -0.1) is 6.58 Å². The highest BCUT2D eigenvalue weighted by Crippen LogP contribution is 2.12. The van der Waals surface area contributed by atoms with Crippen LogP contribution in [0.5, 0.6) is 0 Å². The molecule has 57 valence electrons. The summed E-state index contributed by atoms with van der Waals surface area (Å²) in [6, 6.07) is 6.18. The maximum Gasteiger partial charge on any atom is -0.00974 e. The summed E-state index contributed by atoms with van der Waals surface area (Å²) in [5.74, 6) is 0. The van der Waals surface area contributed by atoms with E-state index in [-0.39, 0.29) is 0 Å². The van der Waals surface area contributed by atoms with E-state index in [0.717, 1.165) is 12.0 Å². The molecule has 1 aromatic carbocycles. The van der Waals surface area contributed by atoms with Crippen LogP contribution >= 0.6 is 0 Å². The normalized spacial score (nSPS) is 9.64. The Morgan fingerprint density at radius 1 is 1.45 bits per heavy atom. The smallest absolute Gasteiger partial charge is 0.00974 e. The molecule has 0 aliphatic carbocycles. The minimum Gasteiger partial charge on any atom is -0.103 e. The molecular weight excluding hydrogens is 132 g/mol. The molecule has 0 heteroatoms. The lowest BCUT2D eigenvalue weighted by Gasteiger charge is -2.04. The SMILES string of the molecule is [CH2]c1cccc(CC=C)c1C. The van der Waals surface area contributed by atoms with Gasteiger partial charge in [0.1, 0.15) is 0 Å². The molecule has 0 saturated carbocycles. The number of hydrogen-bond donors (Lipinski definition) is 0. The van der Waals surface area contributed by atoms with Crippen molar-refractivity contribution in [1.82, 2.24) is 0 Å². The Morgan fingerprint density at radius 3 is 2.82 bits per heavy atom. The fourth-order valence-electron chi connectivity index (χ4n) is 1.11. The van der Waals surface area contributed by atoms with Gasteiger partial charge in [-0.1, -0.05) is 24.3 Å². The van der Waals surface area contributed by atoms with Crippen LogP contribution in [-0.4, -0.2) is 0 Å². The molecule has 0 aromatic heterocycles. The van der Waals surface area contributed by atoms with E-state index in [1.165, 1.54) is 11.1 Å². The zero-order valence-electron chi connectivity index (χ0n) is 6.93. The summed E-state index contributed by atoms with van der Waals surface area (Å²) in [5.41, 5.74) is 3.73. The van der Waals surface area contributed by atoms with E-state index >= 15 is 0 Å². The summed E-state index contributed by atoms with van der Waals surface area (Å²) in [7, 11) is 0. The molecule has 0 atom stereocenters. The molecule has 1 rings (SSSR count). The van der Waals surface area contributed by atoms with Crippen LogP contribution in [0, 0.1) is 13.8 Å². The average Bonchev–Trinajstić information content (AvgIpc) is 1.99. The molecular formula is C11H13. The lowest BCUT2D eigenvalue weighted by Crippen LogP contribution is -1.89. The lowest BCUT2D eigenvalue weighted by atomic mass is 10.0. The first-order chi connectivity index (χ1) is 5.25. The van der Waals surface area contributed by atoms with Crippen molar-refractivity contribution in [1.29, 1.82) is 0 Å². The highest BCUT2D eigenvalue weighted by Gasteiger charge is 1.96. The van der Waals surface area contributed by atoms with Crippen molar-refractivity contribution in [3.8, 4) is 0 Å². The van der Waals surface area contributed by atoms with Gasteiger partial charge in [0.15, 0.2) is 0 Å². The van der Waals surface area contributed by atoms with Crippen molar-refractivity contribution in [2.24, 2.45) is 0 Å². The third-order valence-electron chi connectivity index (χ3n) is 1.92. The van der Waals surface area contributed by atoms with Crippen molar-refractivity contribution >= 4 is 0 Å². The van der Waals surface area contributed by atoms with E-state index in [4.69, 9.17) is 0 Å². The van der Waals surface area contributed by atoms with E-state index in [1.54, 1.807) is 0 Å². The maximum absolute atomic E-state index is 3.93.